The Morgan fingerprint density at radius 2 is 1.89 bits per heavy atom. The van der Waals surface area contributed by atoms with Crippen LogP contribution < -0.4 is 15.4 Å². The second-order valence-corrected chi connectivity index (χ2v) is 9.42. The van der Waals surface area contributed by atoms with E-state index in [4.69, 9.17) is 16.3 Å². The number of hydrogen-bond donors (Lipinski definition) is 2. The normalized spacial score (nSPS) is 13.3. The zero-order chi connectivity index (χ0) is 24.5. The Morgan fingerprint density at radius 1 is 1.06 bits per heavy atom. The van der Waals surface area contributed by atoms with E-state index in [0.717, 1.165) is 36.3 Å². The molecule has 35 heavy (non-hydrogen) atoms. The fourth-order valence-corrected chi connectivity index (χ4v) is 4.60. The number of aryl methyl sites for hydroxylation is 1. The number of carbonyl (C=O) groups excluding carboxylic acids is 2. The molecule has 5 rings (SSSR count). The summed E-state index contributed by atoms with van der Waals surface area (Å²) in [4.78, 5) is 47.3. The number of aromatic nitrogens is 5. The first-order valence-electron chi connectivity index (χ1n) is 10.8. The lowest BCUT2D eigenvalue weighted by Gasteiger charge is -2.23. The Bertz CT molecular complexity index is 1450. The molecule has 10 nitrogen and oxygen atoms in total. The van der Waals surface area contributed by atoms with Crippen LogP contribution in [0.5, 0.6) is 5.75 Å². The van der Waals surface area contributed by atoms with Gasteiger partial charge in [-0.2, -0.15) is 4.98 Å². The molecular weight excluding hydrogens is 490 g/mol. The van der Waals surface area contributed by atoms with Crippen LogP contribution in [0.15, 0.2) is 30.7 Å². The minimum atomic E-state index is -0.417. The van der Waals surface area contributed by atoms with E-state index in [1.807, 2.05) is 6.92 Å². The minimum Gasteiger partial charge on any atom is -0.494 e. The van der Waals surface area contributed by atoms with Gasteiger partial charge in [-0.25, -0.2) is 15.0 Å². The zero-order valence-electron chi connectivity index (χ0n) is 18.8. The van der Waals surface area contributed by atoms with E-state index < -0.39 is 5.91 Å². The molecule has 1 saturated carbocycles. The third-order valence-electron chi connectivity index (χ3n) is 5.70. The van der Waals surface area contributed by atoms with Crippen LogP contribution in [0, 0.1) is 12.8 Å². The summed E-state index contributed by atoms with van der Waals surface area (Å²) in [5.41, 5.74) is 2.61. The van der Waals surface area contributed by atoms with Gasteiger partial charge in [0.25, 0.3) is 5.91 Å². The fourth-order valence-electron chi connectivity index (χ4n) is 3.65. The van der Waals surface area contributed by atoms with Gasteiger partial charge in [0, 0.05) is 28.9 Å². The third kappa shape index (κ3) is 4.77. The topological polar surface area (TPSA) is 132 Å². The highest BCUT2D eigenvalue weighted by atomic mass is 35.5. The summed E-state index contributed by atoms with van der Waals surface area (Å²) in [6.45, 7) is 1.83. The first-order chi connectivity index (χ1) is 16.9. The second kappa shape index (κ2) is 9.51. The van der Waals surface area contributed by atoms with Crippen molar-refractivity contribution in [3.63, 3.8) is 0 Å². The molecule has 2 N–H and O–H groups in total. The monoisotopic (exact) mass is 509 g/mol. The van der Waals surface area contributed by atoms with E-state index in [0.29, 0.717) is 43.9 Å². The largest absolute Gasteiger partial charge is 0.494 e. The summed E-state index contributed by atoms with van der Waals surface area (Å²) in [5, 5.41) is 6.19. The summed E-state index contributed by atoms with van der Waals surface area (Å²) < 4.78 is 5.42. The molecule has 0 saturated heterocycles. The molecule has 1 fully saturated rings. The maximum atomic E-state index is 13.2. The minimum absolute atomic E-state index is 0.0371. The molecule has 0 atom stereocenters. The Kier molecular flexibility index (Phi) is 6.27. The number of pyridine rings is 2. The van der Waals surface area contributed by atoms with Gasteiger partial charge in [-0.05, 0) is 31.9 Å². The Labute approximate surface area is 209 Å². The molecule has 0 aliphatic heterocycles. The maximum absolute atomic E-state index is 13.2. The average molecular weight is 510 g/mol. The van der Waals surface area contributed by atoms with Crippen LogP contribution >= 0.6 is 22.9 Å². The molecule has 0 aromatic carbocycles. The molecule has 0 unspecified atom stereocenters. The lowest BCUT2D eigenvalue weighted by Crippen LogP contribution is -2.28. The number of nitrogens with zero attached hydrogens (tertiary/aromatic N) is 5. The Morgan fingerprint density at radius 3 is 2.63 bits per heavy atom. The molecule has 4 aromatic rings. The predicted molar refractivity (Wildman–Crippen MR) is 133 cm³/mol. The fraction of sp³-hybridized carbons (Fsp3) is 0.261. The number of halogens is 1. The van der Waals surface area contributed by atoms with Gasteiger partial charge in [0.1, 0.15) is 10.9 Å². The Hall–Kier alpha value is -3.70. The van der Waals surface area contributed by atoms with E-state index in [-0.39, 0.29) is 17.0 Å². The summed E-state index contributed by atoms with van der Waals surface area (Å²) in [7, 11) is 1.52. The number of amides is 2. The van der Waals surface area contributed by atoms with Crippen molar-refractivity contribution in [2.45, 2.75) is 26.2 Å². The molecule has 2 amide bonds. The number of methoxy groups -OCH3 is 1. The van der Waals surface area contributed by atoms with Crippen LogP contribution in [-0.2, 0) is 4.79 Å². The van der Waals surface area contributed by atoms with E-state index in [1.165, 1.54) is 25.7 Å². The van der Waals surface area contributed by atoms with Crippen LogP contribution in [0.2, 0.25) is 5.15 Å². The molecule has 178 valence electrons. The molecule has 1 aliphatic carbocycles. The number of ether oxygens (including phenoxy) is 1. The molecular formula is C23H20ClN7O3S. The van der Waals surface area contributed by atoms with Gasteiger partial charge >= 0.3 is 0 Å². The lowest BCUT2D eigenvalue weighted by molar-refractivity contribution is -0.122. The smallest absolute Gasteiger partial charge is 0.259 e. The number of carbonyl (C=O) groups is 2. The molecule has 12 heteroatoms. The van der Waals surface area contributed by atoms with Crippen molar-refractivity contribution >= 4 is 56.2 Å². The number of thiazole rings is 1. The highest BCUT2D eigenvalue weighted by molar-refractivity contribution is 7.21. The van der Waals surface area contributed by atoms with Crippen molar-refractivity contribution in [1.29, 1.82) is 0 Å². The first-order valence-corrected chi connectivity index (χ1v) is 12.0. The van der Waals surface area contributed by atoms with Gasteiger partial charge in [-0.3, -0.25) is 19.9 Å². The van der Waals surface area contributed by atoms with Gasteiger partial charge in [0.05, 0.1) is 25.1 Å². The van der Waals surface area contributed by atoms with Crippen LogP contribution in [0.4, 0.5) is 10.9 Å². The summed E-state index contributed by atoms with van der Waals surface area (Å²) in [6.07, 6.45) is 7.32. The molecule has 0 radical (unpaired) electrons. The summed E-state index contributed by atoms with van der Waals surface area (Å²) in [5.74, 6) is 0.408. The molecule has 4 aromatic heterocycles. The van der Waals surface area contributed by atoms with Gasteiger partial charge < -0.3 is 10.1 Å². The Balaban J connectivity index is 1.41. The lowest BCUT2D eigenvalue weighted by atomic mass is 9.85. The van der Waals surface area contributed by atoms with Gasteiger partial charge in [0.15, 0.2) is 21.4 Å². The van der Waals surface area contributed by atoms with Gasteiger partial charge in [0.2, 0.25) is 5.91 Å². The van der Waals surface area contributed by atoms with E-state index in [9.17, 15) is 9.59 Å². The third-order valence-corrected chi connectivity index (χ3v) is 6.76. The SMILES string of the molecule is COc1cnc(Cl)cc1-c1cc(C)ncc1C(=O)Nc1nc2ncc(NC(=O)C3CCC3)nc2s1. The first kappa shape index (κ1) is 23.1. The molecule has 4 heterocycles. The van der Waals surface area contributed by atoms with Crippen molar-refractivity contribution in [3.05, 3.63) is 47.1 Å². The highest BCUT2D eigenvalue weighted by Gasteiger charge is 2.26. The number of nitrogens with one attached hydrogen (secondary N) is 2. The summed E-state index contributed by atoms with van der Waals surface area (Å²) in [6, 6.07) is 3.42. The van der Waals surface area contributed by atoms with Crippen LogP contribution in [0.25, 0.3) is 21.6 Å². The summed E-state index contributed by atoms with van der Waals surface area (Å²) >= 11 is 7.27. The molecule has 1 aliphatic rings. The standard InChI is InChI=1S/C23H20ClN7O3S/c1-11-6-13(14-7-17(24)26-9-16(14)34-2)15(8-25-11)21(33)31-23-30-19-22(35-23)29-18(10-27-19)28-20(32)12-4-3-5-12/h6-10,12H,3-5H2,1-2H3,(H,28,29,32)(H,27,30,31,33). The van der Waals surface area contributed by atoms with Crippen molar-refractivity contribution in [1.82, 2.24) is 24.9 Å². The maximum Gasteiger partial charge on any atom is 0.259 e. The van der Waals surface area contributed by atoms with Crippen molar-refractivity contribution in [2.75, 3.05) is 17.7 Å². The predicted octanol–water partition coefficient (Wildman–Crippen LogP) is 4.50. The number of anilines is 2. The molecule has 0 bridgehead atoms. The average Bonchev–Trinajstić information content (AvgIpc) is 3.19. The number of fused-ring (bicyclic) bond motifs is 1. The zero-order valence-corrected chi connectivity index (χ0v) is 20.4. The van der Waals surface area contributed by atoms with Gasteiger partial charge in [-0.1, -0.05) is 29.4 Å². The number of hydrogen-bond acceptors (Lipinski definition) is 9. The molecule has 0 spiro atoms. The van der Waals surface area contributed by atoms with Crippen molar-refractivity contribution < 1.29 is 14.3 Å². The van der Waals surface area contributed by atoms with Gasteiger partial charge in [-0.15, -0.1) is 0 Å². The van der Waals surface area contributed by atoms with Crippen molar-refractivity contribution in [2.24, 2.45) is 5.92 Å². The quantitative estimate of drug-likeness (QED) is 0.363. The van der Waals surface area contributed by atoms with E-state index in [2.05, 4.69) is 35.6 Å². The number of rotatable bonds is 6. The van der Waals surface area contributed by atoms with Crippen molar-refractivity contribution in [3.8, 4) is 16.9 Å². The highest BCUT2D eigenvalue weighted by Crippen LogP contribution is 2.34. The van der Waals surface area contributed by atoms with Crippen LogP contribution in [-0.4, -0.2) is 43.8 Å². The van der Waals surface area contributed by atoms with Crippen LogP contribution in [0.1, 0.15) is 35.3 Å². The van der Waals surface area contributed by atoms with Crippen LogP contribution in [0.3, 0.4) is 0 Å². The van der Waals surface area contributed by atoms with E-state index >= 15 is 0 Å². The second-order valence-electron chi connectivity index (χ2n) is 8.05. The van der Waals surface area contributed by atoms with E-state index in [1.54, 1.807) is 12.1 Å².